The van der Waals surface area contributed by atoms with Gasteiger partial charge in [0.25, 0.3) is 0 Å². The molecule has 1 N–H and O–H groups in total. The number of aliphatic hydroxyl groups is 1. The molecule has 1 aliphatic heterocycles. The van der Waals surface area contributed by atoms with Crippen LogP contribution in [0.3, 0.4) is 0 Å². The second-order valence-electron chi connectivity index (χ2n) is 5.00. The fourth-order valence-corrected chi connectivity index (χ4v) is 2.75. The van der Waals surface area contributed by atoms with Crippen molar-refractivity contribution in [2.75, 3.05) is 11.4 Å². The number of rotatable bonds is 2. The highest BCUT2D eigenvalue weighted by Gasteiger charge is 2.41. The summed E-state index contributed by atoms with van der Waals surface area (Å²) >= 11 is 0. The quantitative estimate of drug-likeness (QED) is 0.874. The molecule has 3 nitrogen and oxygen atoms in total. The van der Waals surface area contributed by atoms with E-state index in [1.165, 1.54) is 12.1 Å². The molecule has 0 aromatic heterocycles. The smallest absolute Gasteiger partial charge is 0.143 e. The van der Waals surface area contributed by atoms with Crippen LogP contribution in [0.2, 0.25) is 0 Å². The third-order valence-electron chi connectivity index (χ3n) is 3.74. The highest BCUT2D eigenvalue weighted by atomic mass is 19.1. The van der Waals surface area contributed by atoms with Crippen LogP contribution in [0, 0.1) is 17.1 Å². The molecule has 2 atom stereocenters. The van der Waals surface area contributed by atoms with Crippen molar-refractivity contribution in [3.8, 4) is 6.07 Å². The van der Waals surface area contributed by atoms with Gasteiger partial charge in [-0.15, -0.1) is 0 Å². The number of anilines is 1. The highest BCUT2D eigenvalue weighted by Crippen LogP contribution is 2.34. The van der Waals surface area contributed by atoms with Gasteiger partial charge in [0.15, 0.2) is 0 Å². The summed E-state index contributed by atoms with van der Waals surface area (Å²) in [7, 11) is 0. The van der Waals surface area contributed by atoms with Crippen LogP contribution >= 0.6 is 0 Å². The molecule has 1 aromatic rings. The number of halogens is 1. The molecule has 0 saturated carbocycles. The lowest BCUT2D eigenvalue weighted by Crippen LogP contribution is -2.42. The molecule has 0 bridgehead atoms. The Labute approximate surface area is 106 Å². The molecule has 96 valence electrons. The van der Waals surface area contributed by atoms with E-state index in [2.05, 4.69) is 0 Å². The van der Waals surface area contributed by atoms with Crippen molar-refractivity contribution in [3.05, 3.63) is 29.6 Å². The van der Waals surface area contributed by atoms with Crippen LogP contribution in [0.4, 0.5) is 10.1 Å². The normalized spacial score (nSPS) is 27.3. The molecular formula is C14H17FN2O. The Kier molecular flexibility index (Phi) is 3.27. The van der Waals surface area contributed by atoms with E-state index in [-0.39, 0.29) is 11.6 Å². The zero-order chi connectivity index (χ0) is 13.3. The van der Waals surface area contributed by atoms with Crippen molar-refractivity contribution in [2.24, 2.45) is 0 Å². The van der Waals surface area contributed by atoms with Crippen LogP contribution in [0.15, 0.2) is 18.2 Å². The molecule has 0 amide bonds. The number of hydrogen-bond acceptors (Lipinski definition) is 3. The van der Waals surface area contributed by atoms with Crippen molar-refractivity contribution in [1.82, 2.24) is 0 Å². The molecule has 0 radical (unpaired) electrons. The van der Waals surface area contributed by atoms with Crippen LogP contribution in [-0.2, 0) is 0 Å². The van der Waals surface area contributed by atoms with Crippen molar-refractivity contribution >= 4 is 5.69 Å². The maximum atomic E-state index is 13.6. The first-order valence-corrected chi connectivity index (χ1v) is 6.18. The summed E-state index contributed by atoms with van der Waals surface area (Å²) in [5.41, 5.74) is 0.0490. The molecule has 4 heteroatoms. The molecule has 0 aliphatic carbocycles. The number of benzene rings is 1. The summed E-state index contributed by atoms with van der Waals surface area (Å²) in [4.78, 5) is 2.02. The van der Waals surface area contributed by atoms with Gasteiger partial charge in [-0.1, -0.05) is 6.92 Å². The summed E-state index contributed by atoms with van der Waals surface area (Å²) in [6.07, 6.45) is 1.47. The average molecular weight is 248 g/mol. The Balaban J connectivity index is 2.33. The van der Waals surface area contributed by atoms with Gasteiger partial charge in [0.1, 0.15) is 11.9 Å². The summed E-state index contributed by atoms with van der Waals surface area (Å²) in [5.74, 6) is -0.503. The summed E-state index contributed by atoms with van der Waals surface area (Å²) in [6, 6.07) is 6.41. The largest absolute Gasteiger partial charge is 0.388 e. The molecule has 1 aliphatic rings. The zero-order valence-corrected chi connectivity index (χ0v) is 10.7. The average Bonchev–Trinajstić information content (AvgIpc) is 2.64. The SMILES string of the molecule is CC[C@@H]1N(c2ccc(C#N)c(F)c2)CC[C@]1(C)O. The predicted molar refractivity (Wildman–Crippen MR) is 67.8 cm³/mol. The molecule has 18 heavy (non-hydrogen) atoms. The van der Waals surface area contributed by atoms with Crippen molar-refractivity contribution in [3.63, 3.8) is 0 Å². The molecular weight excluding hydrogens is 231 g/mol. The third-order valence-corrected chi connectivity index (χ3v) is 3.74. The van der Waals surface area contributed by atoms with Crippen LogP contribution in [0.1, 0.15) is 32.3 Å². The number of nitrogens with zero attached hydrogens (tertiary/aromatic N) is 2. The van der Waals surface area contributed by atoms with E-state index in [4.69, 9.17) is 5.26 Å². The Morgan fingerprint density at radius 1 is 1.61 bits per heavy atom. The Hall–Kier alpha value is -1.60. The lowest BCUT2D eigenvalue weighted by Gasteiger charge is -2.32. The first-order chi connectivity index (χ1) is 8.49. The molecule has 1 saturated heterocycles. The molecule has 0 spiro atoms. The highest BCUT2D eigenvalue weighted by molar-refractivity contribution is 5.53. The molecule has 1 heterocycles. The number of hydrogen-bond donors (Lipinski definition) is 1. The maximum absolute atomic E-state index is 13.6. The van der Waals surface area contributed by atoms with Crippen molar-refractivity contribution in [1.29, 1.82) is 5.26 Å². The maximum Gasteiger partial charge on any atom is 0.143 e. The zero-order valence-electron chi connectivity index (χ0n) is 10.7. The Bertz CT molecular complexity index is 493. The number of nitriles is 1. The van der Waals surface area contributed by atoms with E-state index in [0.29, 0.717) is 13.0 Å². The molecule has 1 aromatic carbocycles. The first-order valence-electron chi connectivity index (χ1n) is 6.18. The van der Waals surface area contributed by atoms with E-state index in [9.17, 15) is 9.50 Å². The van der Waals surface area contributed by atoms with E-state index in [1.54, 1.807) is 6.07 Å². The third kappa shape index (κ3) is 2.06. The van der Waals surface area contributed by atoms with E-state index >= 15 is 0 Å². The minimum atomic E-state index is -0.737. The van der Waals surface area contributed by atoms with Gasteiger partial charge in [0, 0.05) is 12.2 Å². The standard InChI is InChI=1S/C14H17FN2O/c1-3-13-14(2,18)6-7-17(13)11-5-4-10(9-16)12(15)8-11/h4-5,8,13,18H,3,6-7H2,1-2H3/t13-,14-/m0/s1. The topological polar surface area (TPSA) is 47.3 Å². The summed E-state index contributed by atoms with van der Waals surface area (Å²) in [5, 5.41) is 19.0. The lowest BCUT2D eigenvalue weighted by atomic mass is 9.95. The molecule has 2 rings (SSSR count). The second kappa shape index (κ2) is 4.58. The van der Waals surface area contributed by atoms with E-state index in [0.717, 1.165) is 12.1 Å². The van der Waals surface area contributed by atoms with Gasteiger partial charge >= 0.3 is 0 Å². The van der Waals surface area contributed by atoms with Crippen LogP contribution in [0.25, 0.3) is 0 Å². The second-order valence-corrected chi connectivity index (χ2v) is 5.00. The fraction of sp³-hybridized carbons (Fsp3) is 0.500. The van der Waals surface area contributed by atoms with Crippen LogP contribution < -0.4 is 4.90 Å². The van der Waals surface area contributed by atoms with E-state index < -0.39 is 11.4 Å². The van der Waals surface area contributed by atoms with Crippen LogP contribution in [-0.4, -0.2) is 23.3 Å². The summed E-state index contributed by atoms with van der Waals surface area (Å²) in [6.45, 7) is 4.54. The van der Waals surface area contributed by atoms with Crippen LogP contribution in [0.5, 0.6) is 0 Å². The summed E-state index contributed by atoms with van der Waals surface area (Å²) < 4.78 is 13.6. The molecule has 1 fully saturated rings. The van der Waals surface area contributed by atoms with Gasteiger partial charge in [-0.05, 0) is 38.0 Å². The van der Waals surface area contributed by atoms with Gasteiger partial charge in [-0.2, -0.15) is 5.26 Å². The minimum Gasteiger partial charge on any atom is -0.388 e. The predicted octanol–water partition coefficient (Wildman–Crippen LogP) is 2.44. The Morgan fingerprint density at radius 2 is 2.33 bits per heavy atom. The van der Waals surface area contributed by atoms with E-state index in [1.807, 2.05) is 24.8 Å². The first kappa shape index (κ1) is 12.8. The van der Waals surface area contributed by atoms with Gasteiger partial charge < -0.3 is 10.0 Å². The molecule has 0 unspecified atom stereocenters. The van der Waals surface area contributed by atoms with Gasteiger partial charge in [0.2, 0.25) is 0 Å². The monoisotopic (exact) mass is 248 g/mol. The van der Waals surface area contributed by atoms with Gasteiger partial charge in [-0.3, -0.25) is 0 Å². The van der Waals surface area contributed by atoms with Gasteiger partial charge in [-0.25, -0.2) is 4.39 Å². The lowest BCUT2D eigenvalue weighted by molar-refractivity contribution is 0.0501. The van der Waals surface area contributed by atoms with Crippen molar-refractivity contribution < 1.29 is 9.50 Å². The fourth-order valence-electron chi connectivity index (χ4n) is 2.75. The van der Waals surface area contributed by atoms with Gasteiger partial charge in [0.05, 0.1) is 17.2 Å². The van der Waals surface area contributed by atoms with Crippen molar-refractivity contribution in [2.45, 2.75) is 38.3 Å². The Morgan fingerprint density at radius 3 is 2.89 bits per heavy atom. The minimum absolute atomic E-state index is 0.00941.